The van der Waals surface area contributed by atoms with Crippen LogP contribution >= 0.6 is 0 Å². The Labute approximate surface area is 119 Å². The molecule has 1 aromatic rings. The van der Waals surface area contributed by atoms with E-state index in [2.05, 4.69) is 0 Å². The molecule has 3 rings (SSSR count). The van der Waals surface area contributed by atoms with Gasteiger partial charge in [0.2, 0.25) is 5.82 Å². The van der Waals surface area contributed by atoms with Gasteiger partial charge in [-0.1, -0.05) is 13.8 Å². The Bertz CT molecular complexity index is 667. The number of H-pyrrole nitrogens is 1. The van der Waals surface area contributed by atoms with Crippen LogP contribution in [0.1, 0.15) is 39.3 Å². The van der Waals surface area contributed by atoms with Crippen LogP contribution in [-0.4, -0.2) is 21.3 Å². The fourth-order valence-corrected chi connectivity index (χ4v) is 3.51. The van der Waals surface area contributed by atoms with Gasteiger partial charge >= 0.3 is 5.69 Å². The number of hydrogen-bond donors (Lipinski definition) is 1. The monoisotopic (exact) mass is 300 g/mol. The molecule has 1 saturated carbocycles. The molecule has 116 valence electrons. The van der Waals surface area contributed by atoms with Crippen LogP contribution in [0.25, 0.3) is 0 Å². The highest BCUT2D eigenvalue weighted by atomic mass is 19.1. The minimum Gasteiger partial charge on any atom is -0.348 e. The first-order chi connectivity index (χ1) is 9.90. The largest absolute Gasteiger partial charge is 0.348 e. The number of halogens is 2. The smallest absolute Gasteiger partial charge is 0.330 e. The molecule has 1 aliphatic carbocycles. The third-order valence-electron chi connectivity index (χ3n) is 4.88. The van der Waals surface area contributed by atoms with Crippen molar-refractivity contribution in [1.82, 2.24) is 9.55 Å². The summed E-state index contributed by atoms with van der Waals surface area (Å²) in [7, 11) is 0. The quantitative estimate of drug-likeness (QED) is 0.924. The van der Waals surface area contributed by atoms with Gasteiger partial charge in [0.1, 0.15) is 0 Å². The normalized spacial score (nSPS) is 36.1. The maximum absolute atomic E-state index is 14.7. The zero-order valence-electron chi connectivity index (χ0n) is 11.9. The predicted octanol–water partition coefficient (Wildman–Crippen LogP) is 1.74. The Morgan fingerprint density at radius 2 is 2.14 bits per heavy atom. The van der Waals surface area contributed by atoms with Gasteiger partial charge in [0.05, 0.1) is 11.8 Å². The molecule has 1 N–H and O–H groups in total. The van der Waals surface area contributed by atoms with E-state index in [1.54, 1.807) is 6.92 Å². The average Bonchev–Trinajstić information content (AvgIpc) is 3.25. The van der Waals surface area contributed by atoms with E-state index < -0.39 is 35.1 Å². The molecule has 0 aromatic carbocycles. The molecule has 2 heterocycles. The maximum atomic E-state index is 14.7. The first-order valence-corrected chi connectivity index (χ1v) is 7.23. The summed E-state index contributed by atoms with van der Waals surface area (Å²) in [4.78, 5) is 24.7. The average molecular weight is 300 g/mol. The lowest BCUT2D eigenvalue weighted by atomic mass is 9.81. The second-order valence-electron chi connectivity index (χ2n) is 5.97. The van der Waals surface area contributed by atoms with Crippen LogP contribution in [0.5, 0.6) is 0 Å². The minimum absolute atomic E-state index is 0.282. The maximum Gasteiger partial charge on any atom is 0.330 e. The molecule has 4 atom stereocenters. The molecule has 7 heteroatoms. The van der Waals surface area contributed by atoms with Crippen molar-refractivity contribution in [2.75, 3.05) is 0 Å². The van der Waals surface area contributed by atoms with Crippen molar-refractivity contribution in [3.8, 4) is 0 Å². The number of aromatic amines is 1. The molecule has 0 unspecified atom stereocenters. The Kier molecular flexibility index (Phi) is 3.27. The fourth-order valence-electron chi connectivity index (χ4n) is 3.51. The molecule has 2 aliphatic rings. The zero-order valence-corrected chi connectivity index (χ0v) is 11.9. The van der Waals surface area contributed by atoms with Crippen molar-refractivity contribution >= 4 is 0 Å². The van der Waals surface area contributed by atoms with Crippen LogP contribution in [-0.2, 0) is 4.74 Å². The van der Waals surface area contributed by atoms with Gasteiger partial charge in [-0.15, -0.1) is 0 Å². The number of rotatable bonds is 3. The van der Waals surface area contributed by atoms with E-state index >= 15 is 0 Å². The summed E-state index contributed by atoms with van der Waals surface area (Å²) in [6, 6.07) is 0. The summed E-state index contributed by atoms with van der Waals surface area (Å²) >= 11 is 0. The second kappa shape index (κ2) is 4.76. The Balaban J connectivity index is 2.02. The predicted molar refractivity (Wildman–Crippen MR) is 71.2 cm³/mol. The van der Waals surface area contributed by atoms with Crippen molar-refractivity contribution in [1.29, 1.82) is 0 Å². The lowest BCUT2D eigenvalue weighted by molar-refractivity contribution is -0.105. The van der Waals surface area contributed by atoms with Crippen LogP contribution in [0.4, 0.5) is 8.78 Å². The number of nitrogens with one attached hydrogen (secondary N) is 1. The van der Waals surface area contributed by atoms with E-state index in [0.717, 1.165) is 23.6 Å². The molecule has 0 spiro atoms. The van der Waals surface area contributed by atoms with Crippen molar-refractivity contribution in [3.05, 3.63) is 32.9 Å². The van der Waals surface area contributed by atoms with E-state index in [1.165, 1.54) is 0 Å². The SMILES string of the molecule is CC[C@@]1(C2CC2)O[C@@H](n2cc(F)c(=O)[nH]c2=O)[C@@H](F)[C@@H]1C. The highest BCUT2D eigenvalue weighted by Crippen LogP contribution is 2.56. The van der Waals surface area contributed by atoms with Crippen molar-refractivity contribution in [2.24, 2.45) is 11.8 Å². The van der Waals surface area contributed by atoms with Crippen LogP contribution in [0.2, 0.25) is 0 Å². The lowest BCUT2D eigenvalue weighted by Crippen LogP contribution is -2.38. The van der Waals surface area contributed by atoms with E-state index in [-0.39, 0.29) is 11.8 Å². The number of ether oxygens (including phenoxy) is 1. The van der Waals surface area contributed by atoms with Gasteiger partial charge in [0, 0.05) is 5.92 Å². The first kappa shape index (κ1) is 14.4. The lowest BCUT2D eigenvalue weighted by Gasteiger charge is -2.32. The minimum atomic E-state index is -1.42. The van der Waals surface area contributed by atoms with Gasteiger partial charge in [-0.05, 0) is 25.2 Å². The van der Waals surface area contributed by atoms with Crippen LogP contribution in [0.3, 0.4) is 0 Å². The van der Waals surface area contributed by atoms with Crippen LogP contribution < -0.4 is 11.2 Å². The topological polar surface area (TPSA) is 64.1 Å². The summed E-state index contributed by atoms with van der Waals surface area (Å²) in [6.45, 7) is 3.69. The van der Waals surface area contributed by atoms with E-state index in [4.69, 9.17) is 4.74 Å². The fraction of sp³-hybridized carbons (Fsp3) is 0.714. The van der Waals surface area contributed by atoms with Crippen molar-refractivity contribution in [3.63, 3.8) is 0 Å². The molecule has 1 aliphatic heterocycles. The summed E-state index contributed by atoms with van der Waals surface area (Å²) in [5.41, 5.74) is -2.58. The van der Waals surface area contributed by atoms with E-state index in [1.807, 2.05) is 11.9 Å². The van der Waals surface area contributed by atoms with Crippen molar-refractivity contribution in [2.45, 2.75) is 51.1 Å². The highest BCUT2D eigenvalue weighted by molar-refractivity contribution is 5.06. The Hall–Kier alpha value is -1.50. The molecule has 0 radical (unpaired) electrons. The molecular weight excluding hydrogens is 282 g/mol. The molecule has 0 amide bonds. The number of aromatic nitrogens is 2. The summed E-state index contributed by atoms with van der Waals surface area (Å²) < 4.78 is 34.8. The van der Waals surface area contributed by atoms with Crippen LogP contribution in [0, 0.1) is 17.7 Å². The van der Waals surface area contributed by atoms with Gasteiger partial charge in [-0.3, -0.25) is 14.3 Å². The van der Waals surface area contributed by atoms with Gasteiger partial charge in [0.15, 0.2) is 12.4 Å². The van der Waals surface area contributed by atoms with Gasteiger partial charge in [-0.2, -0.15) is 4.39 Å². The van der Waals surface area contributed by atoms with E-state index in [9.17, 15) is 18.4 Å². The summed E-state index contributed by atoms with van der Waals surface area (Å²) in [5, 5.41) is 0. The molecule has 1 saturated heterocycles. The molecule has 0 bridgehead atoms. The molecule has 21 heavy (non-hydrogen) atoms. The Morgan fingerprint density at radius 3 is 2.71 bits per heavy atom. The zero-order chi connectivity index (χ0) is 15.4. The highest BCUT2D eigenvalue weighted by Gasteiger charge is 2.59. The Morgan fingerprint density at radius 1 is 1.48 bits per heavy atom. The third kappa shape index (κ3) is 2.06. The van der Waals surface area contributed by atoms with Crippen LogP contribution in [0.15, 0.2) is 15.8 Å². The number of nitrogens with zero attached hydrogens (tertiary/aromatic N) is 1. The standard InChI is InChI=1S/C14H18F2N2O3/c1-3-14(8-4-5-8)7(2)10(16)12(21-14)18-6-9(15)11(19)17-13(18)20/h6-8,10,12H,3-5H2,1-2H3,(H,17,19,20)/t7-,10-,12+,14+/m0/s1. The molecule has 2 fully saturated rings. The summed E-state index contributed by atoms with van der Waals surface area (Å²) in [6.07, 6.45) is 0.701. The molecule has 1 aromatic heterocycles. The first-order valence-electron chi connectivity index (χ1n) is 7.23. The molecular formula is C14H18F2N2O3. The number of alkyl halides is 1. The molecule has 5 nitrogen and oxygen atoms in total. The van der Waals surface area contributed by atoms with E-state index in [0.29, 0.717) is 6.42 Å². The van der Waals surface area contributed by atoms with Crippen molar-refractivity contribution < 1.29 is 13.5 Å². The van der Waals surface area contributed by atoms with Gasteiger partial charge < -0.3 is 4.74 Å². The third-order valence-corrected chi connectivity index (χ3v) is 4.88. The second-order valence-corrected chi connectivity index (χ2v) is 5.97. The van der Waals surface area contributed by atoms with Gasteiger partial charge in [-0.25, -0.2) is 9.18 Å². The van der Waals surface area contributed by atoms with Gasteiger partial charge in [0.25, 0.3) is 5.56 Å². The summed E-state index contributed by atoms with van der Waals surface area (Å²) in [5.74, 6) is -1.23. The number of hydrogen-bond acceptors (Lipinski definition) is 3.